The summed E-state index contributed by atoms with van der Waals surface area (Å²) in [6.07, 6.45) is 7.45. The maximum Gasteiger partial charge on any atom is 0.292 e. The molecule has 0 aliphatic carbocycles. The van der Waals surface area contributed by atoms with Crippen molar-refractivity contribution in [1.82, 2.24) is 19.7 Å². The number of methoxy groups -OCH3 is 1. The molecule has 0 radical (unpaired) electrons. The summed E-state index contributed by atoms with van der Waals surface area (Å²) in [6.45, 7) is 4.25. The number of rotatable bonds is 2. The van der Waals surface area contributed by atoms with Crippen molar-refractivity contribution in [3.63, 3.8) is 0 Å². The van der Waals surface area contributed by atoms with E-state index in [-0.39, 0.29) is 5.56 Å². The van der Waals surface area contributed by atoms with Crippen molar-refractivity contribution >= 4 is 0 Å². The molecule has 92 valence electrons. The van der Waals surface area contributed by atoms with Crippen LogP contribution in [0.2, 0.25) is 0 Å². The molecule has 0 unspecified atom stereocenters. The minimum absolute atomic E-state index is 0.317. The first-order chi connectivity index (χ1) is 8.24. The second-order valence-electron chi connectivity index (χ2n) is 3.29. The first-order valence-electron chi connectivity index (χ1n) is 5.34. The first-order valence-corrected chi connectivity index (χ1v) is 5.34. The van der Waals surface area contributed by atoms with Crippen molar-refractivity contribution in [2.24, 2.45) is 0 Å². The largest absolute Gasteiger partial charge is 0.493 e. The second-order valence-corrected chi connectivity index (χ2v) is 3.29. The molecule has 0 amide bonds. The Morgan fingerprint density at radius 1 is 1.47 bits per heavy atom. The van der Waals surface area contributed by atoms with Gasteiger partial charge in [-0.25, -0.2) is 10.1 Å². The molecule has 0 bridgehead atoms. The molecule has 0 aliphatic heterocycles. The van der Waals surface area contributed by atoms with Gasteiger partial charge in [-0.2, -0.15) is 5.10 Å². The van der Waals surface area contributed by atoms with Gasteiger partial charge in [0.2, 0.25) is 0 Å². The van der Waals surface area contributed by atoms with Crippen LogP contribution in [0.5, 0.6) is 5.75 Å². The van der Waals surface area contributed by atoms with E-state index in [1.165, 1.54) is 26.1 Å². The van der Waals surface area contributed by atoms with Crippen LogP contribution in [-0.2, 0) is 0 Å². The van der Waals surface area contributed by atoms with Gasteiger partial charge in [0.25, 0.3) is 5.56 Å². The third-order valence-corrected chi connectivity index (χ3v) is 1.78. The standard InChI is InChI=1S/C8H8N4O2.C3H8/c1-14-6-4-10-11-8(13)7(6)12-3-2-9-5-12;1-3-2/h2-5H,1H3,(H,11,13);3H2,1-2H3. The van der Waals surface area contributed by atoms with Gasteiger partial charge < -0.3 is 4.74 Å². The van der Waals surface area contributed by atoms with E-state index in [4.69, 9.17) is 4.74 Å². The highest BCUT2D eigenvalue weighted by Crippen LogP contribution is 2.15. The van der Waals surface area contributed by atoms with E-state index >= 15 is 0 Å². The third kappa shape index (κ3) is 3.17. The average Bonchev–Trinajstić information content (AvgIpc) is 2.83. The lowest BCUT2D eigenvalue weighted by molar-refractivity contribution is 0.408. The van der Waals surface area contributed by atoms with E-state index in [1.807, 2.05) is 0 Å². The summed E-state index contributed by atoms with van der Waals surface area (Å²) in [5.74, 6) is 0.409. The molecule has 0 aliphatic rings. The molecule has 0 atom stereocenters. The summed E-state index contributed by atoms with van der Waals surface area (Å²) in [5.41, 5.74) is 0.0577. The van der Waals surface area contributed by atoms with Gasteiger partial charge in [0, 0.05) is 12.4 Å². The Kier molecular flexibility index (Phi) is 4.93. The molecule has 6 heteroatoms. The third-order valence-electron chi connectivity index (χ3n) is 1.78. The van der Waals surface area contributed by atoms with Gasteiger partial charge in [-0.3, -0.25) is 9.36 Å². The molecule has 2 aromatic heterocycles. The molecule has 2 heterocycles. The quantitative estimate of drug-likeness (QED) is 0.855. The number of ether oxygens (including phenoxy) is 1. The lowest BCUT2D eigenvalue weighted by Gasteiger charge is -2.05. The lowest BCUT2D eigenvalue weighted by atomic mass is 10.4. The molecule has 2 rings (SSSR count). The topological polar surface area (TPSA) is 72.8 Å². The summed E-state index contributed by atoms with van der Waals surface area (Å²) >= 11 is 0. The Balaban J connectivity index is 0.000000437. The zero-order valence-electron chi connectivity index (χ0n) is 10.2. The highest BCUT2D eigenvalue weighted by molar-refractivity contribution is 5.42. The number of nitrogens with one attached hydrogen (secondary N) is 1. The van der Waals surface area contributed by atoms with Crippen molar-refractivity contribution in [2.75, 3.05) is 7.11 Å². The molecule has 0 spiro atoms. The van der Waals surface area contributed by atoms with Crippen LogP contribution in [0.15, 0.2) is 29.7 Å². The summed E-state index contributed by atoms with van der Waals surface area (Å²) in [7, 11) is 1.48. The number of aromatic nitrogens is 4. The van der Waals surface area contributed by atoms with E-state index in [1.54, 1.807) is 17.0 Å². The molecule has 1 N–H and O–H groups in total. The van der Waals surface area contributed by atoms with E-state index < -0.39 is 0 Å². The smallest absolute Gasteiger partial charge is 0.292 e. The number of hydrogen-bond acceptors (Lipinski definition) is 4. The van der Waals surface area contributed by atoms with E-state index in [9.17, 15) is 4.79 Å². The Hall–Kier alpha value is -2.11. The molecule has 6 nitrogen and oxygen atoms in total. The number of aromatic amines is 1. The van der Waals surface area contributed by atoms with Crippen LogP contribution in [0, 0.1) is 0 Å². The van der Waals surface area contributed by atoms with E-state index in [2.05, 4.69) is 29.0 Å². The van der Waals surface area contributed by atoms with Gasteiger partial charge in [-0.05, 0) is 0 Å². The van der Waals surface area contributed by atoms with Gasteiger partial charge in [0.05, 0.1) is 19.6 Å². The zero-order chi connectivity index (χ0) is 12.7. The maximum absolute atomic E-state index is 11.5. The van der Waals surface area contributed by atoms with Crippen LogP contribution >= 0.6 is 0 Å². The Morgan fingerprint density at radius 3 is 2.71 bits per heavy atom. The molecule has 0 saturated carbocycles. The zero-order valence-corrected chi connectivity index (χ0v) is 10.2. The van der Waals surface area contributed by atoms with Crippen LogP contribution in [0.25, 0.3) is 5.69 Å². The lowest BCUT2D eigenvalue weighted by Crippen LogP contribution is -2.16. The van der Waals surface area contributed by atoms with Crippen LogP contribution in [0.1, 0.15) is 20.3 Å². The second kappa shape index (κ2) is 6.47. The molecule has 0 saturated heterocycles. The summed E-state index contributed by atoms with van der Waals surface area (Å²) < 4.78 is 6.59. The highest BCUT2D eigenvalue weighted by Gasteiger charge is 2.09. The fraction of sp³-hybridized carbons (Fsp3) is 0.364. The summed E-state index contributed by atoms with van der Waals surface area (Å²) in [6, 6.07) is 0. The summed E-state index contributed by atoms with van der Waals surface area (Å²) in [5, 5.41) is 5.96. The van der Waals surface area contributed by atoms with Crippen molar-refractivity contribution in [3.8, 4) is 11.4 Å². The molecular formula is C11H16N4O2. The van der Waals surface area contributed by atoms with Crippen LogP contribution in [0.4, 0.5) is 0 Å². The van der Waals surface area contributed by atoms with E-state index in [0.29, 0.717) is 11.4 Å². The average molecular weight is 236 g/mol. The predicted molar refractivity (Wildman–Crippen MR) is 64.5 cm³/mol. The van der Waals surface area contributed by atoms with Crippen LogP contribution < -0.4 is 10.3 Å². The van der Waals surface area contributed by atoms with Gasteiger partial charge in [-0.15, -0.1) is 0 Å². The van der Waals surface area contributed by atoms with Crippen LogP contribution in [0.3, 0.4) is 0 Å². The Labute approximate surface area is 99.3 Å². The normalized spacial score (nSPS) is 9.35. The van der Waals surface area contributed by atoms with Crippen molar-refractivity contribution < 1.29 is 4.74 Å². The Morgan fingerprint density at radius 2 is 2.18 bits per heavy atom. The number of nitrogens with zero attached hydrogens (tertiary/aromatic N) is 3. The minimum atomic E-state index is -0.317. The fourth-order valence-corrected chi connectivity index (χ4v) is 1.16. The maximum atomic E-state index is 11.5. The molecule has 17 heavy (non-hydrogen) atoms. The number of imidazole rings is 1. The minimum Gasteiger partial charge on any atom is -0.493 e. The highest BCUT2D eigenvalue weighted by atomic mass is 16.5. The van der Waals surface area contributed by atoms with Gasteiger partial charge in [-0.1, -0.05) is 20.3 Å². The Bertz CT molecular complexity index is 490. The van der Waals surface area contributed by atoms with Crippen LogP contribution in [-0.4, -0.2) is 26.9 Å². The monoisotopic (exact) mass is 236 g/mol. The number of H-pyrrole nitrogens is 1. The van der Waals surface area contributed by atoms with Gasteiger partial charge >= 0.3 is 0 Å². The summed E-state index contributed by atoms with van der Waals surface area (Å²) in [4.78, 5) is 15.3. The number of hydrogen-bond donors (Lipinski definition) is 1. The van der Waals surface area contributed by atoms with Crippen molar-refractivity contribution in [2.45, 2.75) is 20.3 Å². The first kappa shape index (κ1) is 13.0. The molecule has 0 aromatic carbocycles. The van der Waals surface area contributed by atoms with Gasteiger partial charge in [0.15, 0.2) is 11.4 Å². The molecule has 2 aromatic rings. The van der Waals surface area contributed by atoms with Crippen molar-refractivity contribution in [3.05, 3.63) is 35.3 Å². The van der Waals surface area contributed by atoms with Crippen molar-refractivity contribution in [1.29, 1.82) is 0 Å². The van der Waals surface area contributed by atoms with Gasteiger partial charge in [0.1, 0.15) is 0 Å². The molecular weight excluding hydrogens is 220 g/mol. The van der Waals surface area contributed by atoms with E-state index in [0.717, 1.165) is 0 Å². The fourth-order valence-electron chi connectivity index (χ4n) is 1.16. The predicted octanol–water partition coefficient (Wildman–Crippen LogP) is 1.38. The molecule has 0 fully saturated rings. The SMILES string of the molecule is CCC.COc1cn[nH]c(=O)c1-n1ccnc1.